The first-order valence-electron chi connectivity index (χ1n) is 7.21. The van der Waals surface area contributed by atoms with Crippen LogP contribution in [0.3, 0.4) is 0 Å². The van der Waals surface area contributed by atoms with Crippen LogP contribution < -0.4 is 5.32 Å². The van der Waals surface area contributed by atoms with Gasteiger partial charge in [-0.25, -0.2) is 0 Å². The number of anilines is 1. The second-order valence-corrected chi connectivity index (χ2v) is 5.42. The molecule has 0 saturated carbocycles. The molecule has 0 spiro atoms. The van der Waals surface area contributed by atoms with E-state index >= 15 is 0 Å². The SMILES string of the molecule is CC(C)c1ccc(CNc2ccc(CCO)cc2)cc1. The lowest BCUT2D eigenvalue weighted by Gasteiger charge is -2.09. The fraction of sp³-hybridized carbons (Fsp3) is 0.333. The molecule has 2 N–H and O–H groups in total. The number of benzene rings is 2. The van der Waals surface area contributed by atoms with Crippen molar-refractivity contribution in [3.05, 3.63) is 65.2 Å². The molecule has 0 radical (unpaired) electrons. The molecule has 0 saturated heterocycles. The van der Waals surface area contributed by atoms with Gasteiger partial charge in [0.1, 0.15) is 0 Å². The van der Waals surface area contributed by atoms with E-state index < -0.39 is 0 Å². The van der Waals surface area contributed by atoms with Gasteiger partial charge in [0.15, 0.2) is 0 Å². The van der Waals surface area contributed by atoms with Crippen LogP contribution in [0.25, 0.3) is 0 Å². The minimum atomic E-state index is 0.203. The van der Waals surface area contributed by atoms with Crippen LogP contribution >= 0.6 is 0 Å². The third kappa shape index (κ3) is 4.10. The lowest BCUT2D eigenvalue weighted by Crippen LogP contribution is -2.00. The third-order valence-corrected chi connectivity index (χ3v) is 3.50. The predicted molar refractivity (Wildman–Crippen MR) is 85.1 cm³/mol. The van der Waals surface area contributed by atoms with Crippen molar-refractivity contribution in [3.63, 3.8) is 0 Å². The number of hydrogen-bond acceptors (Lipinski definition) is 2. The van der Waals surface area contributed by atoms with E-state index in [2.05, 4.69) is 67.7 Å². The Morgan fingerprint density at radius 2 is 1.50 bits per heavy atom. The van der Waals surface area contributed by atoms with Crippen LogP contribution in [-0.2, 0) is 13.0 Å². The van der Waals surface area contributed by atoms with Crippen molar-refractivity contribution >= 4 is 5.69 Å². The molecule has 0 fully saturated rings. The zero-order chi connectivity index (χ0) is 14.4. The first-order chi connectivity index (χ1) is 9.69. The van der Waals surface area contributed by atoms with Gasteiger partial charge in [0.2, 0.25) is 0 Å². The lowest BCUT2D eigenvalue weighted by atomic mass is 10.0. The van der Waals surface area contributed by atoms with Crippen LogP contribution in [0.2, 0.25) is 0 Å². The van der Waals surface area contributed by atoms with Gasteiger partial charge < -0.3 is 10.4 Å². The van der Waals surface area contributed by atoms with Crippen LogP contribution in [-0.4, -0.2) is 11.7 Å². The molecule has 0 amide bonds. The monoisotopic (exact) mass is 269 g/mol. The van der Waals surface area contributed by atoms with Crippen molar-refractivity contribution < 1.29 is 5.11 Å². The van der Waals surface area contributed by atoms with Gasteiger partial charge in [-0.1, -0.05) is 50.2 Å². The van der Waals surface area contributed by atoms with E-state index in [0.29, 0.717) is 5.92 Å². The Hall–Kier alpha value is -1.80. The summed E-state index contributed by atoms with van der Waals surface area (Å²) in [6, 6.07) is 17.0. The highest BCUT2D eigenvalue weighted by Crippen LogP contribution is 2.16. The van der Waals surface area contributed by atoms with Crippen LogP contribution in [0.15, 0.2) is 48.5 Å². The maximum absolute atomic E-state index is 8.89. The zero-order valence-corrected chi connectivity index (χ0v) is 12.3. The summed E-state index contributed by atoms with van der Waals surface area (Å²) in [5.74, 6) is 0.580. The van der Waals surface area contributed by atoms with E-state index in [1.165, 1.54) is 16.7 Å². The molecule has 0 heterocycles. The molecular weight excluding hydrogens is 246 g/mol. The van der Waals surface area contributed by atoms with Gasteiger partial charge in [-0.05, 0) is 41.2 Å². The molecule has 0 aliphatic heterocycles. The minimum Gasteiger partial charge on any atom is -0.396 e. The Morgan fingerprint density at radius 3 is 2.05 bits per heavy atom. The second-order valence-electron chi connectivity index (χ2n) is 5.42. The Balaban J connectivity index is 1.91. The maximum atomic E-state index is 8.89. The number of aliphatic hydroxyl groups excluding tert-OH is 1. The van der Waals surface area contributed by atoms with Gasteiger partial charge in [0, 0.05) is 18.8 Å². The summed E-state index contributed by atoms with van der Waals surface area (Å²) < 4.78 is 0. The molecule has 2 aromatic rings. The summed E-state index contributed by atoms with van der Waals surface area (Å²) in [4.78, 5) is 0. The van der Waals surface area contributed by atoms with Crippen molar-refractivity contribution in [2.24, 2.45) is 0 Å². The Bertz CT molecular complexity index is 514. The Morgan fingerprint density at radius 1 is 0.900 bits per heavy atom. The minimum absolute atomic E-state index is 0.203. The van der Waals surface area contributed by atoms with Crippen molar-refractivity contribution in [1.82, 2.24) is 0 Å². The highest BCUT2D eigenvalue weighted by Gasteiger charge is 1.99. The van der Waals surface area contributed by atoms with Gasteiger partial charge in [0.05, 0.1) is 0 Å². The van der Waals surface area contributed by atoms with Crippen LogP contribution in [0, 0.1) is 0 Å². The quantitative estimate of drug-likeness (QED) is 0.832. The van der Waals surface area contributed by atoms with Crippen molar-refractivity contribution in [1.29, 1.82) is 0 Å². The highest BCUT2D eigenvalue weighted by atomic mass is 16.2. The first kappa shape index (κ1) is 14.6. The average Bonchev–Trinajstić information content (AvgIpc) is 2.47. The van der Waals surface area contributed by atoms with Gasteiger partial charge in [-0.3, -0.25) is 0 Å². The predicted octanol–water partition coefficient (Wildman–Crippen LogP) is 3.96. The topological polar surface area (TPSA) is 32.3 Å². The Kier molecular flexibility index (Phi) is 5.19. The molecule has 0 bridgehead atoms. The summed E-state index contributed by atoms with van der Waals surface area (Å²) in [7, 11) is 0. The van der Waals surface area contributed by atoms with E-state index in [-0.39, 0.29) is 6.61 Å². The molecule has 106 valence electrons. The summed E-state index contributed by atoms with van der Waals surface area (Å²) in [5.41, 5.74) is 4.94. The average molecular weight is 269 g/mol. The maximum Gasteiger partial charge on any atom is 0.0471 e. The van der Waals surface area contributed by atoms with E-state index in [9.17, 15) is 0 Å². The molecule has 2 nitrogen and oxygen atoms in total. The molecule has 0 unspecified atom stereocenters. The summed E-state index contributed by atoms with van der Waals surface area (Å²) in [5, 5.41) is 12.3. The highest BCUT2D eigenvalue weighted by molar-refractivity contribution is 5.45. The number of rotatable bonds is 6. The molecule has 2 aromatic carbocycles. The van der Waals surface area contributed by atoms with Gasteiger partial charge in [-0.15, -0.1) is 0 Å². The van der Waals surface area contributed by atoms with Crippen LogP contribution in [0.4, 0.5) is 5.69 Å². The van der Waals surface area contributed by atoms with Crippen LogP contribution in [0.1, 0.15) is 36.5 Å². The van der Waals surface area contributed by atoms with E-state index in [1.54, 1.807) is 0 Å². The fourth-order valence-corrected chi connectivity index (χ4v) is 2.14. The summed E-state index contributed by atoms with van der Waals surface area (Å²) in [6.45, 7) is 5.45. The molecule has 0 aromatic heterocycles. The number of nitrogens with one attached hydrogen (secondary N) is 1. The molecule has 0 atom stereocenters. The standard InChI is InChI=1S/C18H23NO/c1-14(2)17-7-3-16(4-8-17)13-19-18-9-5-15(6-10-18)11-12-20/h3-10,14,19-20H,11-13H2,1-2H3. The van der Waals surface area contributed by atoms with Gasteiger partial charge in [0.25, 0.3) is 0 Å². The van der Waals surface area contributed by atoms with Crippen molar-refractivity contribution in [2.45, 2.75) is 32.7 Å². The Labute approximate surface area is 121 Å². The van der Waals surface area contributed by atoms with Crippen molar-refractivity contribution in [3.8, 4) is 0 Å². The number of hydrogen-bond donors (Lipinski definition) is 2. The summed E-state index contributed by atoms with van der Waals surface area (Å²) >= 11 is 0. The molecule has 0 aliphatic carbocycles. The van der Waals surface area contributed by atoms with E-state index in [0.717, 1.165) is 18.7 Å². The molecule has 0 aliphatic rings. The molecule has 2 rings (SSSR count). The van der Waals surface area contributed by atoms with Crippen molar-refractivity contribution in [2.75, 3.05) is 11.9 Å². The fourth-order valence-electron chi connectivity index (χ4n) is 2.14. The largest absolute Gasteiger partial charge is 0.396 e. The van der Waals surface area contributed by atoms with E-state index in [4.69, 9.17) is 5.11 Å². The first-order valence-corrected chi connectivity index (χ1v) is 7.21. The third-order valence-electron chi connectivity index (χ3n) is 3.50. The normalized spacial score (nSPS) is 10.8. The smallest absolute Gasteiger partial charge is 0.0471 e. The second kappa shape index (κ2) is 7.11. The van der Waals surface area contributed by atoms with E-state index in [1.807, 2.05) is 0 Å². The molecule has 2 heteroatoms. The number of aliphatic hydroxyl groups is 1. The molecule has 20 heavy (non-hydrogen) atoms. The van der Waals surface area contributed by atoms with Gasteiger partial charge >= 0.3 is 0 Å². The molecular formula is C18H23NO. The zero-order valence-electron chi connectivity index (χ0n) is 12.3. The van der Waals surface area contributed by atoms with Crippen LogP contribution in [0.5, 0.6) is 0 Å². The lowest BCUT2D eigenvalue weighted by molar-refractivity contribution is 0.299. The van der Waals surface area contributed by atoms with Gasteiger partial charge in [-0.2, -0.15) is 0 Å². The summed E-state index contributed by atoms with van der Waals surface area (Å²) in [6.07, 6.45) is 0.719.